The average Bonchev–Trinajstić information content (AvgIpc) is 0.809. The van der Waals surface area contributed by atoms with Crippen molar-refractivity contribution < 1.29 is 28.4 Å². The van der Waals surface area contributed by atoms with Gasteiger partial charge in [0.05, 0.1) is 85.5 Å². The molecular formula is C74H91N9O9. The van der Waals surface area contributed by atoms with Gasteiger partial charge in [0.15, 0.2) is 0 Å². The topological polar surface area (TPSA) is 170 Å². The van der Waals surface area contributed by atoms with Gasteiger partial charge in [0, 0.05) is 38.8 Å². The molecule has 9 aromatic rings. The molecule has 6 heterocycles. The number of rotatable bonds is 21. The second kappa shape index (κ2) is 32.1. The Labute approximate surface area is 540 Å². The van der Waals surface area contributed by atoms with Crippen molar-refractivity contribution in [2.75, 3.05) is 100 Å². The van der Waals surface area contributed by atoms with Crippen molar-refractivity contribution in [1.82, 2.24) is 43.4 Å². The summed E-state index contributed by atoms with van der Waals surface area (Å²) >= 11 is 0. The van der Waals surface area contributed by atoms with Gasteiger partial charge in [-0.3, -0.25) is 28.1 Å². The Morgan fingerprint density at radius 2 is 0.837 bits per heavy atom. The molecule has 3 fully saturated rings. The summed E-state index contributed by atoms with van der Waals surface area (Å²) in [5, 5.41) is 1.60. The lowest BCUT2D eigenvalue weighted by Crippen LogP contribution is -2.35. The van der Waals surface area contributed by atoms with Gasteiger partial charge in [-0.1, -0.05) is 26.3 Å². The first kappa shape index (κ1) is 66.3. The number of methoxy groups -OCH3 is 3. The Kier molecular flexibility index (Phi) is 23.2. The Morgan fingerprint density at radius 1 is 0.413 bits per heavy atom. The molecule has 6 aromatic carbocycles. The molecule has 2 atom stereocenters. The molecule has 18 heteroatoms. The van der Waals surface area contributed by atoms with E-state index in [2.05, 4.69) is 43.5 Å². The second-order valence-electron chi connectivity index (χ2n) is 24.6. The summed E-state index contributed by atoms with van der Waals surface area (Å²) in [6, 6.07) is 39.1. The summed E-state index contributed by atoms with van der Waals surface area (Å²) < 4.78 is 38.5. The average molecular weight is 1250 g/mol. The summed E-state index contributed by atoms with van der Waals surface area (Å²) in [7, 11) is 4.76. The molecule has 0 radical (unpaired) electrons. The van der Waals surface area contributed by atoms with Crippen LogP contribution in [-0.4, -0.2) is 143 Å². The maximum atomic E-state index is 13.2. The summed E-state index contributed by atoms with van der Waals surface area (Å²) in [5.74, 6) is 7.84. The van der Waals surface area contributed by atoms with Crippen LogP contribution in [0.2, 0.25) is 0 Å². The molecular weight excluding hydrogens is 1160 g/mol. The number of hydrogen-bond donors (Lipinski definition) is 0. The summed E-state index contributed by atoms with van der Waals surface area (Å²) in [5.41, 5.74) is 3.94. The highest BCUT2D eigenvalue weighted by atomic mass is 16.5. The zero-order chi connectivity index (χ0) is 64.5. The van der Waals surface area contributed by atoms with Crippen LogP contribution < -0.4 is 45.1 Å². The van der Waals surface area contributed by atoms with Crippen molar-refractivity contribution in [2.45, 2.75) is 98.8 Å². The molecule has 0 saturated carbocycles. The minimum Gasteiger partial charge on any atom is -0.497 e. The zero-order valence-corrected chi connectivity index (χ0v) is 55.0. The number of nitrogens with zero attached hydrogens (tertiary/aromatic N) is 9. The van der Waals surface area contributed by atoms with E-state index >= 15 is 0 Å². The van der Waals surface area contributed by atoms with Crippen LogP contribution in [0.4, 0.5) is 0 Å². The van der Waals surface area contributed by atoms with Gasteiger partial charge in [-0.05, 0) is 232 Å². The molecule has 486 valence electrons. The molecule has 3 aromatic heterocycles. The molecule has 0 spiro atoms. The molecule has 0 unspecified atom stereocenters. The summed E-state index contributed by atoms with van der Waals surface area (Å²) in [4.78, 5) is 60.8. The third kappa shape index (κ3) is 16.9. The quantitative estimate of drug-likeness (QED) is 0.0622. The number of benzene rings is 6. The van der Waals surface area contributed by atoms with Gasteiger partial charge in [-0.25, -0.2) is 15.0 Å². The summed E-state index contributed by atoms with van der Waals surface area (Å²) in [6.45, 7) is 22.8. The monoisotopic (exact) mass is 1250 g/mol. The molecule has 0 amide bonds. The van der Waals surface area contributed by atoms with E-state index < -0.39 is 0 Å². The van der Waals surface area contributed by atoms with Crippen LogP contribution in [0.1, 0.15) is 95.5 Å². The van der Waals surface area contributed by atoms with Crippen LogP contribution in [0.15, 0.2) is 142 Å². The molecule has 92 heavy (non-hydrogen) atoms. The van der Waals surface area contributed by atoms with Gasteiger partial charge in [0.25, 0.3) is 16.7 Å². The van der Waals surface area contributed by atoms with Crippen LogP contribution in [0.3, 0.4) is 0 Å². The molecule has 12 rings (SSSR count). The first-order chi connectivity index (χ1) is 44.8. The van der Waals surface area contributed by atoms with Crippen LogP contribution in [0, 0.1) is 32.6 Å². The fourth-order valence-corrected chi connectivity index (χ4v) is 12.9. The number of hydrogen-bond acceptors (Lipinski definition) is 15. The molecule has 0 aliphatic carbocycles. The molecule has 0 N–H and O–H groups in total. The predicted octanol–water partition coefficient (Wildman–Crippen LogP) is 12.4. The maximum Gasteiger partial charge on any atom is 0.269 e. The third-order valence-electron chi connectivity index (χ3n) is 17.6. The van der Waals surface area contributed by atoms with Gasteiger partial charge < -0.3 is 43.1 Å². The van der Waals surface area contributed by atoms with Crippen molar-refractivity contribution >= 4 is 32.7 Å². The van der Waals surface area contributed by atoms with E-state index in [0.717, 1.165) is 85.0 Å². The van der Waals surface area contributed by atoms with Crippen molar-refractivity contribution in [1.29, 1.82) is 0 Å². The first-order valence-electron chi connectivity index (χ1n) is 32.8. The van der Waals surface area contributed by atoms with E-state index in [0.29, 0.717) is 87.3 Å². The molecule has 0 bridgehead atoms. The first-order valence-corrected chi connectivity index (χ1v) is 32.8. The highest BCUT2D eigenvalue weighted by molar-refractivity contribution is 5.85. The lowest BCUT2D eigenvalue weighted by atomic mass is 10.0. The highest BCUT2D eigenvalue weighted by Crippen LogP contribution is 2.26. The minimum absolute atomic E-state index is 0.0884. The minimum atomic E-state index is -0.135. The fourth-order valence-electron chi connectivity index (χ4n) is 12.9. The maximum absolute atomic E-state index is 13.2. The van der Waals surface area contributed by atoms with Crippen molar-refractivity contribution in [2.24, 2.45) is 11.8 Å². The smallest absolute Gasteiger partial charge is 0.269 e. The van der Waals surface area contributed by atoms with E-state index in [1.54, 1.807) is 65.4 Å². The van der Waals surface area contributed by atoms with Crippen molar-refractivity contribution in [3.63, 3.8) is 0 Å². The summed E-state index contributed by atoms with van der Waals surface area (Å²) in [6.07, 6.45) is 12.4. The molecule has 18 nitrogen and oxygen atoms in total. The Hall–Kier alpha value is -8.58. The van der Waals surface area contributed by atoms with E-state index in [4.69, 9.17) is 28.4 Å². The normalized spacial score (nSPS) is 16.3. The molecule has 3 aliphatic heterocycles. The number of piperidine rings is 3. The van der Waals surface area contributed by atoms with Gasteiger partial charge >= 0.3 is 0 Å². The molecule has 3 aliphatic rings. The van der Waals surface area contributed by atoms with Gasteiger partial charge in [-0.2, -0.15) is 0 Å². The van der Waals surface area contributed by atoms with Gasteiger partial charge in [0.1, 0.15) is 57.4 Å². The lowest BCUT2D eigenvalue weighted by molar-refractivity contribution is 0.170. The zero-order valence-electron chi connectivity index (χ0n) is 55.0. The molecule has 3 saturated heterocycles. The standard InChI is InChI=1S/2C25H31N3O3.C24H29N3O3/c1-18-7-5-14-27(17-18)15-6-16-31-21-12-10-20(11-13-21)28-19(2)26-22-8-4-9-23(30-3)24(22)25(28)29;1-18-6-4-13-27(17-18)14-5-15-31-21-9-7-20(8-10-21)28-19(2)26-24-16-22(30-3)11-12-23(24)25(28)29;1-18-25-23-12-11-21(29-2)17-22(23)24(28)27(18)19-7-9-20(10-8-19)30-16-6-15-26-13-4-3-5-14-26/h4,8-13,18H,5-7,14-17H2,1-3H3;7-12,16,18H,4-6,13-15,17H2,1-3H3;7-12,17H,3-6,13-16H2,1-2H3/t2*18-;/m00./s1. The lowest BCUT2D eigenvalue weighted by Gasteiger charge is -2.30. The van der Waals surface area contributed by atoms with Crippen LogP contribution in [-0.2, 0) is 0 Å². The Balaban J connectivity index is 0.000000151. The Morgan fingerprint density at radius 3 is 1.33 bits per heavy atom. The van der Waals surface area contributed by atoms with E-state index in [-0.39, 0.29) is 16.7 Å². The number of ether oxygens (including phenoxy) is 6. The van der Waals surface area contributed by atoms with Crippen LogP contribution >= 0.6 is 0 Å². The highest BCUT2D eigenvalue weighted by Gasteiger charge is 2.20. The largest absolute Gasteiger partial charge is 0.497 e. The van der Waals surface area contributed by atoms with Crippen LogP contribution in [0.25, 0.3) is 49.8 Å². The number of likely N-dealkylation sites (tertiary alicyclic amines) is 3. The SMILES string of the molecule is COc1ccc2c(=O)n(-c3ccc(OCCCN4CCC[C@H](C)C4)cc3)c(C)nc2c1.COc1ccc2nc(C)n(-c3ccc(OCCCN4CCCCC4)cc3)c(=O)c2c1.COc1cccc2nc(C)n(-c3ccc(OCCCN4CCC[C@H](C)C4)cc3)c(=O)c12. The van der Waals surface area contributed by atoms with Crippen LogP contribution in [0.5, 0.6) is 34.5 Å². The van der Waals surface area contributed by atoms with Gasteiger partial charge in [0.2, 0.25) is 0 Å². The second-order valence-corrected chi connectivity index (χ2v) is 24.6. The Bertz CT molecular complexity index is 4060. The van der Waals surface area contributed by atoms with E-state index in [9.17, 15) is 14.4 Å². The van der Waals surface area contributed by atoms with E-state index in [1.165, 1.54) is 84.2 Å². The number of aromatic nitrogens is 6. The fraction of sp³-hybridized carbons (Fsp3) is 0.432. The number of aryl methyl sites for hydroxylation is 3. The van der Waals surface area contributed by atoms with Gasteiger partial charge in [-0.15, -0.1) is 0 Å². The number of fused-ring (bicyclic) bond motifs is 3. The van der Waals surface area contributed by atoms with E-state index in [1.807, 2.05) is 118 Å². The third-order valence-corrected chi connectivity index (χ3v) is 17.6. The van der Waals surface area contributed by atoms with Crippen molar-refractivity contribution in [3.05, 3.63) is 176 Å². The predicted molar refractivity (Wildman–Crippen MR) is 366 cm³/mol. The van der Waals surface area contributed by atoms with Crippen molar-refractivity contribution in [3.8, 4) is 51.6 Å².